The molecule has 0 saturated carbocycles. The molecule has 82 valence electrons. The lowest BCUT2D eigenvalue weighted by Gasteiger charge is -2.03. The number of carboxylic acids is 1. The molecular weight excluding hydrogens is 206 g/mol. The van der Waals surface area contributed by atoms with Crippen molar-refractivity contribution < 1.29 is 14.7 Å². The predicted molar refractivity (Wildman–Crippen MR) is 59.5 cm³/mol. The first-order valence-corrected chi connectivity index (χ1v) is 4.52. The second-order valence-electron chi connectivity index (χ2n) is 3.33. The first-order chi connectivity index (χ1) is 7.43. The highest BCUT2D eigenvalue weighted by molar-refractivity contribution is 6.10. The quantitative estimate of drug-likeness (QED) is 0.476. The van der Waals surface area contributed by atoms with Crippen LogP contribution in [0.3, 0.4) is 0 Å². The molecule has 1 rings (SSSR count). The van der Waals surface area contributed by atoms with Crippen molar-refractivity contribution in [3.05, 3.63) is 53.9 Å². The van der Waals surface area contributed by atoms with Crippen molar-refractivity contribution >= 4 is 11.8 Å². The molecule has 0 bridgehead atoms. The summed E-state index contributed by atoms with van der Waals surface area (Å²) in [5.74, 6) is -1.42. The molecule has 0 fully saturated rings. The Morgan fingerprint density at radius 2 is 1.94 bits per heavy atom. The molecule has 1 N–H and O–H groups in total. The minimum Gasteiger partial charge on any atom is -0.477 e. The number of nitrogens with zero attached hydrogens (tertiary/aromatic N) is 1. The Labute approximate surface area is 92.9 Å². The van der Waals surface area contributed by atoms with Crippen LogP contribution in [0.2, 0.25) is 0 Å². The summed E-state index contributed by atoms with van der Waals surface area (Å²) < 4.78 is 0. The van der Waals surface area contributed by atoms with Gasteiger partial charge in [0.05, 0.1) is 0 Å². The Bertz CT molecular complexity index is 472. The van der Waals surface area contributed by atoms with E-state index in [2.05, 4.69) is 18.1 Å². The molecule has 0 saturated heterocycles. The topological polar surface area (TPSA) is 67.3 Å². The van der Waals surface area contributed by atoms with Gasteiger partial charge in [-0.05, 0) is 24.6 Å². The number of hydrogen-bond donors (Lipinski definition) is 1. The Kier molecular flexibility index (Phi) is 3.35. The standard InChI is InChI=1S/C12H11NO3/c1-7(2)8(3)11(14)9-4-5-10(12(15)16)13-6-9/h4-6H,1,3H2,2H3,(H,15,16). The molecule has 0 aromatic carbocycles. The smallest absolute Gasteiger partial charge is 0.354 e. The second kappa shape index (κ2) is 4.53. The average molecular weight is 217 g/mol. The normalized spacial score (nSPS) is 9.56. The lowest BCUT2D eigenvalue weighted by molar-refractivity contribution is 0.0690. The Balaban J connectivity index is 2.99. The van der Waals surface area contributed by atoms with Crippen LogP contribution >= 0.6 is 0 Å². The van der Waals surface area contributed by atoms with E-state index in [1.807, 2.05) is 0 Å². The Morgan fingerprint density at radius 3 is 2.31 bits per heavy atom. The van der Waals surface area contributed by atoms with Crippen molar-refractivity contribution in [1.29, 1.82) is 0 Å². The first-order valence-electron chi connectivity index (χ1n) is 4.52. The summed E-state index contributed by atoms with van der Waals surface area (Å²) in [6, 6.07) is 2.69. The number of allylic oxidation sites excluding steroid dienone is 2. The molecule has 0 aliphatic carbocycles. The maximum atomic E-state index is 11.7. The van der Waals surface area contributed by atoms with Gasteiger partial charge < -0.3 is 5.11 Å². The van der Waals surface area contributed by atoms with Crippen molar-refractivity contribution in [2.24, 2.45) is 0 Å². The number of aromatic carboxylic acids is 1. The van der Waals surface area contributed by atoms with Gasteiger partial charge in [-0.2, -0.15) is 0 Å². The van der Waals surface area contributed by atoms with Gasteiger partial charge >= 0.3 is 5.97 Å². The van der Waals surface area contributed by atoms with Crippen LogP contribution in [0.1, 0.15) is 27.8 Å². The minimum absolute atomic E-state index is 0.0995. The highest BCUT2D eigenvalue weighted by atomic mass is 16.4. The van der Waals surface area contributed by atoms with Gasteiger partial charge in [-0.1, -0.05) is 13.2 Å². The zero-order valence-electron chi connectivity index (χ0n) is 8.86. The molecule has 0 unspecified atom stereocenters. The van der Waals surface area contributed by atoms with E-state index >= 15 is 0 Å². The van der Waals surface area contributed by atoms with Crippen molar-refractivity contribution in [1.82, 2.24) is 4.98 Å². The van der Waals surface area contributed by atoms with Gasteiger partial charge in [-0.3, -0.25) is 4.79 Å². The van der Waals surface area contributed by atoms with E-state index in [1.54, 1.807) is 6.92 Å². The van der Waals surface area contributed by atoms with Crippen LogP contribution in [0, 0.1) is 0 Å². The number of carboxylic acid groups (broad SMARTS) is 1. The van der Waals surface area contributed by atoms with Crippen LogP contribution in [-0.4, -0.2) is 21.8 Å². The summed E-state index contributed by atoms with van der Waals surface area (Å²) in [7, 11) is 0. The molecule has 0 amide bonds. The SMILES string of the molecule is C=C(C)C(=C)C(=O)c1ccc(C(=O)O)nc1. The van der Waals surface area contributed by atoms with Gasteiger partial charge in [0.25, 0.3) is 0 Å². The highest BCUT2D eigenvalue weighted by Gasteiger charge is 2.12. The summed E-state index contributed by atoms with van der Waals surface area (Å²) in [5, 5.41) is 8.63. The molecule has 1 aromatic heterocycles. The fraction of sp³-hybridized carbons (Fsp3) is 0.0833. The van der Waals surface area contributed by atoms with E-state index in [-0.39, 0.29) is 11.5 Å². The molecule has 0 atom stereocenters. The van der Waals surface area contributed by atoms with Crippen molar-refractivity contribution in [2.45, 2.75) is 6.92 Å². The molecule has 0 aliphatic rings. The van der Waals surface area contributed by atoms with Gasteiger partial charge in [0, 0.05) is 17.3 Å². The second-order valence-corrected chi connectivity index (χ2v) is 3.33. The number of ketones is 1. The van der Waals surface area contributed by atoms with Crippen LogP contribution in [0.5, 0.6) is 0 Å². The first kappa shape index (κ1) is 11.8. The Hall–Kier alpha value is -2.23. The molecule has 1 aromatic rings. The fourth-order valence-corrected chi connectivity index (χ4v) is 1.02. The van der Waals surface area contributed by atoms with Gasteiger partial charge in [0.2, 0.25) is 0 Å². The lowest BCUT2D eigenvalue weighted by Crippen LogP contribution is -2.06. The van der Waals surface area contributed by atoms with Crippen LogP contribution < -0.4 is 0 Å². The molecule has 1 heterocycles. The lowest BCUT2D eigenvalue weighted by atomic mass is 10.0. The summed E-state index contributed by atoms with van der Waals surface area (Å²) in [5.41, 5.74) is 1.08. The molecule has 4 nitrogen and oxygen atoms in total. The number of rotatable bonds is 4. The average Bonchev–Trinajstić information content (AvgIpc) is 2.27. The third-order valence-corrected chi connectivity index (χ3v) is 2.03. The minimum atomic E-state index is -1.13. The van der Waals surface area contributed by atoms with Gasteiger partial charge in [-0.15, -0.1) is 0 Å². The van der Waals surface area contributed by atoms with E-state index in [4.69, 9.17) is 5.11 Å². The summed E-state index contributed by atoms with van der Waals surface area (Å²) in [6.45, 7) is 8.89. The largest absolute Gasteiger partial charge is 0.477 e. The highest BCUT2D eigenvalue weighted by Crippen LogP contribution is 2.12. The zero-order chi connectivity index (χ0) is 12.3. The molecule has 0 radical (unpaired) electrons. The number of pyridine rings is 1. The third kappa shape index (κ3) is 2.42. The molecule has 0 aliphatic heterocycles. The maximum Gasteiger partial charge on any atom is 0.354 e. The number of carbonyl (C=O) groups excluding carboxylic acids is 1. The molecule has 0 spiro atoms. The maximum absolute atomic E-state index is 11.7. The number of hydrogen-bond acceptors (Lipinski definition) is 3. The molecule has 16 heavy (non-hydrogen) atoms. The van der Waals surface area contributed by atoms with E-state index in [9.17, 15) is 9.59 Å². The van der Waals surface area contributed by atoms with Gasteiger partial charge in [0.15, 0.2) is 5.78 Å². The van der Waals surface area contributed by atoms with Crippen LogP contribution in [0.25, 0.3) is 0 Å². The van der Waals surface area contributed by atoms with Crippen molar-refractivity contribution in [2.75, 3.05) is 0 Å². The van der Waals surface area contributed by atoms with E-state index < -0.39 is 5.97 Å². The van der Waals surface area contributed by atoms with Crippen molar-refractivity contribution in [3.63, 3.8) is 0 Å². The summed E-state index contributed by atoms with van der Waals surface area (Å²) in [4.78, 5) is 25.9. The predicted octanol–water partition coefficient (Wildman–Crippen LogP) is 2.09. The van der Waals surface area contributed by atoms with Crippen molar-refractivity contribution in [3.8, 4) is 0 Å². The van der Waals surface area contributed by atoms with E-state index in [1.165, 1.54) is 18.3 Å². The monoisotopic (exact) mass is 217 g/mol. The zero-order valence-corrected chi connectivity index (χ0v) is 8.86. The Morgan fingerprint density at radius 1 is 1.31 bits per heavy atom. The molecule has 4 heteroatoms. The fourth-order valence-electron chi connectivity index (χ4n) is 1.02. The number of carbonyl (C=O) groups is 2. The summed E-state index contributed by atoms with van der Waals surface area (Å²) in [6.07, 6.45) is 1.22. The molecular formula is C12H11NO3. The third-order valence-electron chi connectivity index (χ3n) is 2.03. The van der Waals surface area contributed by atoms with Crippen LogP contribution in [-0.2, 0) is 0 Å². The van der Waals surface area contributed by atoms with Crippen LogP contribution in [0.4, 0.5) is 0 Å². The van der Waals surface area contributed by atoms with E-state index in [0.29, 0.717) is 16.7 Å². The van der Waals surface area contributed by atoms with Crippen LogP contribution in [0.15, 0.2) is 42.6 Å². The van der Waals surface area contributed by atoms with Gasteiger partial charge in [0.1, 0.15) is 5.69 Å². The van der Waals surface area contributed by atoms with Gasteiger partial charge in [-0.25, -0.2) is 9.78 Å². The number of Topliss-reactive ketones (excluding diaryl/α,β-unsaturated/α-hetero) is 1. The van der Waals surface area contributed by atoms with E-state index in [0.717, 1.165) is 0 Å². The summed E-state index contributed by atoms with van der Waals surface area (Å²) >= 11 is 0. The number of aromatic nitrogens is 1.